The Morgan fingerprint density at radius 1 is 1.19 bits per heavy atom. The Balaban J connectivity index is 0.00000161. The van der Waals surface area contributed by atoms with E-state index in [1.54, 1.807) is 0 Å². The summed E-state index contributed by atoms with van der Waals surface area (Å²) in [6.45, 7) is 5.33. The molecule has 0 aliphatic heterocycles. The van der Waals surface area contributed by atoms with E-state index in [0.717, 1.165) is 36.0 Å². The van der Waals surface area contributed by atoms with E-state index in [0.29, 0.717) is 5.89 Å². The molecule has 0 fully saturated rings. The molecule has 0 aliphatic carbocycles. The second kappa shape index (κ2) is 7.02. The van der Waals surface area contributed by atoms with Gasteiger partial charge in [0.2, 0.25) is 5.89 Å². The van der Waals surface area contributed by atoms with Crippen molar-refractivity contribution in [1.29, 1.82) is 0 Å². The second-order valence-electron chi connectivity index (χ2n) is 5.01. The summed E-state index contributed by atoms with van der Waals surface area (Å²) in [7, 11) is 0. The largest absolute Gasteiger partial charge is 1.00 e. The van der Waals surface area contributed by atoms with Gasteiger partial charge in [0, 0.05) is 12.5 Å². The summed E-state index contributed by atoms with van der Waals surface area (Å²) in [5, 5.41) is 0. The van der Waals surface area contributed by atoms with Crippen molar-refractivity contribution in [3.63, 3.8) is 0 Å². The number of hydrogen-bond acceptors (Lipinski definition) is 2. The zero-order chi connectivity index (χ0) is 13.9. The monoisotopic (exact) mass is 394 g/mol. The summed E-state index contributed by atoms with van der Waals surface area (Å²) in [6, 6.07) is 10.3. The van der Waals surface area contributed by atoms with Crippen LogP contribution in [0.3, 0.4) is 0 Å². The van der Waals surface area contributed by atoms with Gasteiger partial charge in [0.25, 0.3) is 0 Å². The first-order valence-corrected chi connectivity index (χ1v) is 7.19. The van der Waals surface area contributed by atoms with E-state index in [4.69, 9.17) is 4.42 Å². The summed E-state index contributed by atoms with van der Waals surface area (Å²) in [6.07, 6.45) is 6.29. The molecule has 21 heavy (non-hydrogen) atoms. The van der Waals surface area contributed by atoms with Gasteiger partial charge in [-0.1, -0.05) is 19.9 Å². The van der Waals surface area contributed by atoms with Crippen molar-refractivity contribution in [2.24, 2.45) is 0 Å². The number of halogens is 1. The fourth-order valence-corrected chi connectivity index (χ4v) is 2.36. The SMILES string of the molecule is CCC[n+]1cccc(-c2nc3cc(CC)ccc3o2)c1.[I-]. The highest BCUT2D eigenvalue weighted by Gasteiger charge is 2.11. The third-order valence-electron chi connectivity index (χ3n) is 3.45. The highest BCUT2D eigenvalue weighted by molar-refractivity contribution is 5.76. The second-order valence-corrected chi connectivity index (χ2v) is 5.01. The summed E-state index contributed by atoms with van der Waals surface area (Å²) in [5.41, 5.74) is 4.09. The van der Waals surface area contributed by atoms with Crippen LogP contribution in [0, 0.1) is 0 Å². The van der Waals surface area contributed by atoms with Gasteiger partial charge in [0.05, 0.1) is 0 Å². The molecule has 1 aromatic carbocycles. The Hall–Kier alpha value is -1.43. The Morgan fingerprint density at radius 3 is 2.81 bits per heavy atom. The number of oxazole rings is 1. The average molecular weight is 394 g/mol. The van der Waals surface area contributed by atoms with Gasteiger partial charge in [-0.2, -0.15) is 0 Å². The van der Waals surface area contributed by atoms with Gasteiger partial charge in [-0.25, -0.2) is 9.55 Å². The highest BCUT2D eigenvalue weighted by atomic mass is 127. The summed E-state index contributed by atoms with van der Waals surface area (Å²) < 4.78 is 8.03. The minimum absolute atomic E-state index is 0. The number of benzene rings is 1. The lowest BCUT2D eigenvalue weighted by Gasteiger charge is -1.95. The fraction of sp³-hybridized carbons (Fsp3) is 0.294. The minimum Gasteiger partial charge on any atom is -1.00 e. The maximum absolute atomic E-state index is 5.86. The quantitative estimate of drug-likeness (QED) is 0.483. The molecule has 0 atom stereocenters. The van der Waals surface area contributed by atoms with Crippen LogP contribution in [0.5, 0.6) is 0 Å². The molecule has 0 radical (unpaired) electrons. The Kier molecular flexibility index (Phi) is 5.33. The lowest BCUT2D eigenvalue weighted by molar-refractivity contribution is -0.696. The maximum Gasteiger partial charge on any atom is 0.233 e. The van der Waals surface area contributed by atoms with Gasteiger partial charge in [-0.3, -0.25) is 0 Å². The topological polar surface area (TPSA) is 29.9 Å². The van der Waals surface area contributed by atoms with Crippen LogP contribution in [0.1, 0.15) is 25.8 Å². The molecular weight excluding hydrogens is 375 g/mol. The lowest BCUT2D eigenvalue weighted by atomic mass is 10.1. The lowest BCUT2D eigenvalue weighted by Crippen LogP contribution is -3.00. The number of hydrogen-bond donors (Lipinski definition) is 0. The number of fused-ring (bicyclic) bond motifs is 1. The molecule has 3 rings (SSSR count). The molecule has 0 N–H and O–H groups in total. The molecule has 0 unspecified atom stereocenters. The molecule has 0 saturated heterocycles. The summed E-state index contributed by atoms with van der Waals surface area (Å²) in [4.78, 5) is 4.61. The van der Waals surface area contributed by atoms with Crippen LogP contribution in [0.25, 0.3) is 22.6 Å². The molecule has 0 aliphatic rings. The number of rotatable bonds is 4. The number of aromatic nitrogens is 2. The first kappa shape index (κ1) is 15.9. The van der Waals surface area contributed by atoms with Crippen LogP contribution >= 0.6 is 0 Å². The van der Waals surface area contributed by atoms with E-state index < -0.39 is 0 Å². The Labute approximate surface area is 142 Å². The highest BCUT2D eigenvalue weighted by Crippen LogP contribution is 2.24. The smallest absolute Gasteiger partial charge is 0.233 e. The van der Waals surface area contributed by atoms with Crippen molar-refractivity contribution in [3.05, 3.63) is 48.3 Å². The predicted octanol–water partition coefficient (Wildman–Crippen LogP) is 0.759. The average Bonchev–Trinajstić information content (AvgIpc) is 2.90. The third-order valence-corrected chi connectivity index (χ3v) is 3.45. The van der Waals surface area contributed by atoms with Crippen molar-refractivity contribution < 1.29 is 33.0 Å². The van der Waals surface area contributed by atoms with Crippen LogP contribution < -0.4 is 28.5 Å². The van der Waals surface area contributed by atoms with Crippen LogP contribution in [-0.4, -0.2) is 4.98 Å². The van der Waals surface area contributed by atoms with Crippen LogP contribution in [0.15, 0.2) is 47.1 Å². The minimum atomic E-state index is 0. The van der Waals surface area contributed by atoms with Crippen LogP contribution in [0.2, 0.25) is 0 Å². The van der Waals surface area contributed by atoms with E-state index in [2.05, 4.69) is 47.9 Å². The van der Waals surface area contributed by atoms with Gasteiger partial charge in [0.15, 0.2) is 18.0 Å². The van der Waals surface area contributed by atoms with Gasteiger partial charge >= 0.3 is 0 Å². The molecule has 2 aromatic heterocycles. The molecule has 3 aromatic rings. The van der Waals surface area contributed by atoms with E-state index in [1.807, 2.05) is 18.2 Å². The van der Waals surface area contributed by atoms with Crippen molar-refractivity contribution in [1.82, 2.24) is 4.98 Å². The fourth-order valence-electron chi connectivity index (χ4n) is 2.36. The zero-order valence-electron chi connectivity index (χ0n) is 12.3. The van der Waals surface area contributed by atoms with Crippen molar-refractivity contribution in [2.45, 2.75) is 33.2 Å². The molecule has 0 amide bonds. The van der Waals surface area contributed by atoms with E-state index in [1.165, 1.54) is 5.56 Å². The molecule has 2 heterocycles. The first-order chi connectivity index (χ1) is 9.80. The molecule has 0 saturated carbocycles. The molecule has 4 heteroatoms. The number of aryl methyl sites for hydroxylation is 2. The van der Waals surface area contributed by atoms with Gasteiger partial charge in [0.1, 0.15) is 17.6 Å². The van der Waals surface area contributed by atoms with Crippen molar-refractivity contribution in [2.75, 3.05) is 0 Å². The molecular formula is C17H19IN2O. The summed E-state index contributed by atoms with van der Waals surface area (Å²) >= 11 is 0. The normalized spacial score (nSPS) is 10.6. The van der Waals surface area contributed by atoms with Crippen LogP contribution in [-0.2, 0) is 13.0 Å². The third kappa shape index (κ3) is 3.43. The molecule has 3 nitrogen and oxygen atoms in total. The summed E-state index contributed by atoms with van der Waals surface area (Å²) in [5.74, 6) is 0.693. The predicted molar refractivity (Wildman–Crippen MR) is 79.3 cm³/mol. The number of pyridine rings is 1. The van der Waals surface area contributed by atoms with Gasteiger partial charge < -0.3 is 28.4 Å². The standard InChI is InChI=1S/C17H19N2O.HI/c1-3-9-19-10-5-6-14(12-19)17-18-15-11-13(4-2)7-8-16(15)20-17;/h5-8,10-12H,3-4,9H2,1-2H3;1H/q+1;/p-1. The van der Waals surface area contributed by atoms with Gasteiger partial charge in [-0.05, 0) is 30.2 Å². The van der Waals surface area contributed by atoms with Crippen LogP contribution in [0.4, 0.5) is 0 Å². The zero-order valence-corrected chi connectivity index (χ0v) is 14.5. The number of nitrogens with zero attached hydrogens (tertiary/aromatic N) is 2. The van der Waals surface area contributed by atoms with E-state index in [-0.39, 0.29) is 24.0 Å². The van der Waals surface area contributed by atoms with Crippen molar-refractivity contribution in [3.8, 4) is 11.5 Å². The van der Waals surface area contributed by atoms with Crippen molar-refractivity contribution >= 4 is 11.1 Å². The van der Waals surface area contributed by atoms with Gasteiger partial charge in [-0.15, -0.1) is 0 Å². The van der Waals surface area contributed by atoms with E-state index >= 15 is 0 Å². The Morgan fingerprint density at radius 2 is 2.05 bits per heavy atom. The maximum atomic E-state index is 5.86. The van der Waals surface area contributed by atoms with E-state index in [9.17, 15) is 0 Å². The molecule has 110 valence electrons. The molecule has 0 bridgehead atoms. The molecule has 0 spiro atoms. The Bertz CT molecular complexity index is 736. The first-order valence-electron chi connectivity index (χ1n) is 7.19.